The molecule has 0 radical (unpaired) electrons. The minimum Gasteiger partial charge on any atom is -0.302 e. The summed E-state index contributed by atoms with van der Waals surface area (Å²) in [7, 11) is 1.98. The Balaban J connectivity index is 0.00000147. The standard InChI is InChI=1S/C15H18ClN3.ClH/c1-19-14(7-10-18-19)11-17-15(8-2-9-15)12-3-5-13(16)6-4-12;/h3-7,10,17H,2,8-9,11H2,1H3;1H. The van der Waals surface area contributed by atoms with Crippen molar-refractivity contribution in [2.24, 2.45) is 7.05 Å². The molecule has 1 heterocycles. The first-order valence-electron chi connectivity index (χ1n) is 6.68. The van der Waals surface area contributed by atoms with Crippen molar-refractivity contribution < 1.29 is 0 Å². The van der Waals surface area contributed by atoms with Gasteiger partial charge in [-0.2, -0.15) is 5.10 Å². The summed E-state index contributed by atoms with van der Waals surface area (Å²) in [6.45, 7) is 0.846. The van der Waals surface area contributed by atoms with Gasteiger partial charge < -0.3 is 5.32 Å². The van der Waals surface area contributed by atoms with Gasteiger partial charge in [0.05, 0.1) is 5.69 Å². The molecule has 0 saturated heterocycles. The van der Waals surface area contributed by atoms with E-state index in [1.165, 1.54) is 30.5 Å². The molecule has 1 aromatic carbocycles. The lowest BCUT2D eigenvalue weighted by atomic mass is 9.72. The number of nitrogens with one attached hydrogen (secondary N) is 1. The van der Waals surface area contributed by atoms with Gasteiger partial charge in [0.25, 0.3) is 0 Å². The third-order valence-electron chi connectivity index (χ3n) is 4.13. The van der Waals surface area contributed by atoms with Crippen LogP contribution in [-0.2, 0) is 19.1 Å². The first-order valence-corrected chi connectivity index (χ1v) is 7.05. The molecular formula is C15H19Cl2N3. The Morgan fingerprint density at radius 1 is 1.25 bits per heavy atom. The van der Waals surface area contributed by atoms with Gasteiger partial charge in [-0.15, -0.1) is 12.4 Å². The molecule has 1 aromatic heterocycles. The number of halogens is 2. The van der Waals surface area contributed by atoms with Crippen LogP contribution in [0.4, 0.5) is 0 Å². The Labute approximate surface area is 130 Å². The molecule has 20 heavy (non-hydrogen) atoms. The first-order chi connectivity index (χ1) is 9.20. The third kappa shape index (κ3) is 2.85. The van der Waals surface area contributed by atoms with E-state index in [1.54, 1.807) is 0 Å². The molecule has 1 aliphatic carbocycles. The van der Waals surface area contributed by atoms with Crippen LogP contribution in [0.25, 0.3) is 0 Å². The van der Waals surface area contributed by atoms with Gasteiger partial charge in [0.1, 0.15) is 0 Å². The van der Waals surface area contributed by atoms with Crippen LogP contribution in [-0.4, -0.2) is 9.78 Å². The fourth-order valence-electron chi connectivity index (χ4n) is 2.70. The second kappa shape index (κ2) is 6.17. The molecular weight excluding hydrogens is 293 g/mol. The van der Waals surface area contributed by atoms with Gasteiger partial charge >= 0.3 is 0 Å². The van der Waals surface area contributed by atoms with Gasteiger partial charge in [-0.3, -0.25) is 4.68 Å². The zero-order valence-electron chi connectivity index (χ0n) is 11.5. The summed E-state index contributed by atoms with van der Waals surface area (Å²) in [5.74, 6) is 0. The number of hydrogen-bond acceptors (Lipinski definition) is 2. The molecule has 1 aliphatic rings. The number of rotatable bonds is 4. The average molecular weight is 312 g/mol. The molecule has 3 rings (SSSR count). The number of aromatic nitrogens is 2. The molecule has 0 aliphatic heterocycles. The van der Waals surface area contributed by atoms with Crippen molar-refractivity contribution in [1.29, 1.82) is 0 Å². The van der Waals surface area contributed by atoms with Crippen LogP contribution in [0, 0.1) is 0 Å². The van der Waals surface area contributed by atoms with Crippen molar-refractivity contribution >= 4 is 24.0 Å². The lowest BCUT2D eigenvalue weighted by molar-refractivity contribution is 0.182. The van der Waals surface area contributed by atoms with E-state index >= 15 is 0 Å². The lowest BCUT2D eigenvalue weighted by Crippen LogP contribution is -2.47. The number of hydrogen-bond donors (Lipinski definition) is 1. The predicted molar refractivity (Wildman–Crippen MR) is 84.3 cm³/mol. The Morgan fingerprint density at radius 2 is 1.95 bits per heavy atom. The van der Waals surface area contributed by atoms with Gasteiger partial charge in [0, 0.05) is 30.4 Å². The van der Waals surface area contributed by atoms with Crippen molar-refractivity contribution in [3.63, 3.8) is 0 Å². The average Bonchev–Trinajstić information content (AvgIpc) is 2.76. The van der Waals surface area contributed by atoms with Crippen LogP contribution in [0.2, 0.25) is 5.02 Å². The maximum Gasteiger partial charge on any atom is 0.0519 e. The van der Waals surface area contributed by atoms with Gasteiger partial charge in [-0.25, -0.2) is 0 Å². The molecule has 0 amide bonds. The highest BCUT2D eigenvalue weighted by Crippen LogP contribution is 2.41. The van der Waals surface area contributed by atoms with E-state index < -0.39 is 0 Å². The molecule has 0 atom stereocenters. The van der Waals surface area contributed by atoms with Crippen molar-refractivity contribution in [1.82, 2.24) is 15.1 Å². The van der Waals surface area contributed by atoms with Crippen LogP contribution in [0.5, 0.6) is 0 Å². The lowest BCUT2D eigenvalue weighted by Gasteiger charge is -2.43. The van der Waals surface area contributed by atoms with E-state index in [0.29, 0.717) is 0 Å². The monoisotopic (exact) mass is 311 g/mol. The second-order valence-electron chi connectivity index (χ2n) is 5.24. The molecule has 0 unspecified atom stereocenters. The molecule has 2 aromatic rings. The topological polar surface area (TPSA) is 29.9 Å². The summed E-state index contributed by atoms with van der Waals surface area (Å²) in [5.41, 5.74) is 2.67. The summed E-state index contributed by atoms with van der Waals surface area (Å²) in [5, 5.41) is 8.71. The van der Waals surface area contributed by atoms with Gasteiger partial charge in [0.2, 0.25) is 0 Å². The van der Waals surface area contributed by atoms with E-state index in [2.05, 4.69) is 28.6 Å². The third-order valence-corrected chi connectivity index (χ3v) is 4.39. The molecule has 108 valence electrons. The minimum absolute atomic E-state index is 0. The Hall–Kier alpha value is -1.03. The van der Waals surface area contributed by atoms with E-state index in [1.807, 2.05) is 30.1 Å². The minimum atomic E-state index is 0. The SMILES string of the molecule is Cl.Cn1nccc1CNC1(c2ccc(Cl)cc2)CCC1. The fraction of sp³-hybridized carbons (Fsp3) is 0.400. The molecule has 0 spiro atoms. The smallest absolute Gasteiger partial charge is 0.0519 e. The molecule has 0 bridgehead atoms. The Morgan fingerprint density at radius 3 is 2.45 bits per heavy atom. The number of nitrogens with zero attached hydrogens (tertiary/aromatic N) is 2. The highest BCUT2D eigenvalue weighted by Gasteiger charge is 2.38. The van der Waals surface area contributed by atoms with Crippen LogP contribution < -0.4 is 5.32 Å². The van der Waals surface area contributed by atoms with Crippen LogP contribution in [0.15, 0.2) is 36.5 Å². The van der Waals surface area contributed by atoms with Crippen molar-refractivity contribution in [3.8, 4) is 0 Å². The Kier molecular flexibility index (Phi) is 4.74. The van der Waals surface area contributed by atoms with E-state index in [-0.39, 0.29) is 17.9 Å². The van der Waals surface area contributed by atoms with Gasteiger partial charge in [-0.05, 0) is 43.0 Å². The van der Waals surface area contributed by atoms with Crippen molar-refractivity contribution in [2.45, 2.75) is 31.3 Å². The summed E-state index contributed by atoms with van der Waals surface area (Å²) in [6.07, 6.45) is 5.49. The Bertz CT molecular complexity index is 559. The quantitative estimate of drug-likeness (QED) is 0.933. The van der Waals surface area contributed by atoms with E-state index in [9.17, 15) is 0 Å². The van der Waals surface area contributed by atoms with Crippen molar-refractivity contribution in [3.05, 3.63) is 52.8 Å². The number of benzene rings is 1. The highest BCUT2D eigenvalue weighted by atomic mass is 35.5. The summed E-state index contributed by atoms with van der Waals surface area (Å²) in [4.78, 5) is 0. The second-order valence-corrected chi connectivity index (χ2v) is 5.68. The summed E-state index contributed by atoms with van der Waals surface area (Å²) >= 11 is 5.97. The first kappa shape index (κ1) is 15.4. The molecule has 1 fully saturated rings. The van der Waals surface area contributed by atoms with E-state index in [4.69, 9.17) is 11.6 Å². The van der Waals surface area contributed by atoms with Crippen LogP contribution in [0.3, 0.4) is 0 Å². The summed E-state index contributed by atoms with van der Waals surface area (Å²) < 4.78 is 1.92. The number of aryl methyl sites for hydroxylation is 1. The highest BCUT2D eigenvalue weighted by molar-refractivity contribution is 6.30. The van der Waals surface area contributed by atoms with Crippen LogP contribution >= 0.6 is 24.0 Å². The van der Waals surface area contributed by atoms with Gasteiger partial charge in [0.15, 0.2) is 0 Å². The molecule has 1 N–H and O–H groups in total. The van der Waals surface area contributed by atoms with Gasteiger partial charge in [-0.1, -0.05) is 23.7 Å². The van der Waals surface area contributed by atoms with Crippen LogP contribution in [0.1, 0.15) is 30.5 Å². The van der Waals surface area contributed by atoms with E-state index in [0.717, 1.165) is 11.6 Å². The zero-order valence-corrected chi connectivity index (χ0v) is 13.0. The maximum atomic E-state index is 5.97. The maximum absolute atomic E-state index is 5.97. The largest absolute Gasteiger partial charge is 0.302 e. The fourth-order valence-corrected chi connectivity index (χ4v) is 2.83. The predicted octanol–water partition coefficient (Wildman–Crippen LogP) is 3.66. The van der Waals surface area contributed by atoms with Crippen molar-refractivity contribution in [2.75, 3.05) is 0 Å². The zero-order chi connectivity index (χ0) is 13.3. The summed E-state index contributed by atoms with van der Waals surface area (Å²) in [6, 6.07) is 10.3. The molecule has 1 saturated carbocycles. The molecule has 5 heteroatoms. The normalized spacial score (nSPS) is 16.3. The molecule has 3 nitrogen and oxygen atoms in total.